The molecule has 4 bridgehead atoms. The number of hydrogen-bond donors (Lipinski definition) is 2. The minimum Gasteiger partial charge on any atom is -0.332 e. The predicted octanol–water partition coefficient (Wildman–Crippen LogP) is 5.66. The Morgan fingerprint density at radius 1 is 1.12 bits per heavy atom. The monoisotopic (exact) mass is 446 g/mol. The molecule has 5 nitrogen and oxygen atoms in total. The Morgan fingerprint density at radius 2 is 1.75 bits per heavy atom. The van der Waals surface area contributed by atoms with Gasteiger partial charge < -0.3 is 10.6 Å². The van der Waals surface area contributed by atoms with Crippen LogP contribution in [-0.4, -0.2) is 21.4 Å². The van der Waals surface area contributed by atoms with Gasteiger partial charge in [0.15, 0.2) is 0 Å². The van der Waals surface area contributed by atoms with E-state index in [1.165, 1.54) is 25.3 Å². The number of carbonyl (C=O) groups excluding carboxylic acids is 1. The molecule has 0 radical (unpaired) electrons. The van der Waals surface area contributed by atoms with Gasteiger partial charge in [0.25, 0.3) is 0 Å². The molecule has 32 heavy (non-hydrogen) atoms. The van der Waals surface area contributed by atoms with Crippen LogP contribution in [0.25, 0.3) is 0 Å². The Labute approximate surface area is 185 Å². The van der Waals surface area contributed by atoms with Gasteiger partial charge in [-0.1, -0.05) is 12.1 Å². The van der Waals surface area contributed by atoms with Crippen molar-refractivity contribution in [3.05, 3.63) is 46.8 Å². The smallest absolute Gasteiger partial charge is 0.332 e. The van der Waals surface area contributed by atoms with Gasteiger partial charge in [0.2, 0.25) is 0 Å². The van der Waals surface area contributed by atoms with Crippen LogP contribution in [0.2, 0.25) is 0 Å². The molecule has 1 aromatic heterocycles. The summed E-state index contributed by atoms with van der Waals surface area (Å²) in [5.74, 6) is 2.21. The summed E-state index contributed by atoms with van der Waals surface area (Å²) in [7, 11) is 0. The van der Waals surface area contributed by atoms with E-state index in [1.54, 1.807) is 17.7 Å². The number of alkyl halides is 3. The number of aryl methyl sites for hydroxylation is 1. The van der Waals surface area contributed by atoms with Gasteiger partial charge in [-0.15, -0.1) is 0 Å². The zero-order chi connectivity index (χ0) is 22.7. The number of hydrogen-bond acceptors (Lipinski definition) is 2. The van der Waals surface area contributed by atoms with Crippen molar-refractivity contribution in [3.63, 3.8) is 0 Å². The highest BCUT2D eigenvalue weighted by atomic mass is 19.4. The Bertz CT molecular complexity index is 1010. The maximum Gasteiger partial charge on any atom is 0.416 e. The minimum absolute atomic E-state index is 0.0886. The number of halogens is 3. The molecular formula is C24H29F3N4O. The fourth-order valence-corrected chi connectivity index (χ4v) is 6.70. The topological polar surface area (TPSA) is 59.0 Å². The van der Waals surface area contributed by atoms with Gasteiger partial charge in [-0.3, -0.25) is 4.68 Å². The summed E-state index contributed by atoms with van der Waals surface area (Å²) in [6.45, 7) is 3.83. The largest absolute Gasteiger partial charge is 0.416 e. The highest BCUT2D eigenvalue weighted by Crippen LogP contribution is 2.55. The molecule has 0 atom stereocenters. The molecule has 4 aliphatic rings. The highest BCUT2D eigenvalue weighted by Gasteiger charge is 2.51. The van der Waals surface area contributed by atoms with Crippen molar-refractivity contribution in [2.75, 3.05) is 5.32 Å². The molecule has 4 aliphatic carbocycles. The van der Waals surface area contributed by atoms with E-state index < -0.39 is 11.7 Å². The van der Waals surface area contributed by atoms with Crippen molar-refractivity contribution in [2.45, 2.75) is 70.6 Å². The van der Waals surface area contributed by atoms with Crippen LogP contribution < -0.4 is 10.6 Å². The normalized spacial score (nSPS) is 28.7. The number of nitrogens with one attached hydrogen (secondary N) is 2. The molecule has 1 heterocycles. The van der Waals surface area contributed by atoms with Crippen LogP contribution in [0.3, 0.4) is 0 Å². The first-order valence-electron chi connectivity index (χ1n) is 11.4. The third-order valence-corrected chi connectivity index (χ3v) is 7.62. The Hall–Kier alpha value is -2.51. The van der Waals surface area contributed by atoms with Crippen LogP contribution in [0, 0.1) is 31.6 Å². The van der Waals surface area contributed by atoms with Crippen LogP contribution in [0.5, 0.6) is 0 Å². The zero-order valence-corrected chi connectivity index (χ0v) is 18.4. The molecule has 1 aromatic carbocycles. The Kier molecular flexibility index (Phi) is 5.02. The lowest BCUT2D eigenvalue weighted by Crippen LogP contribution is -2.60. The lowest BCUT2D eigenvalue weighted by Gasteiger charge is -2.56. The summed E-state index contributed by atoms with van der Waals surface area (Å²) in [6, 6.07) is 5.05. The summed E-state index contributed by atoms with van der Waals surface area (Å²) in [6.07, 6.45) is 2.75. The third-order valence-electron chi connectivity index (χ3n) is 7.62. The van der Waals surface area contributed by atoms with E-state index in [2.05, 4.69) is 15.7 Å². The standard InChI is InChI=1S/C24H29F3N4O/c1-14-21(15(2)31(30-14)13-16-4-3-5-20(9-16)24(25,26)27)28-22(32)29-23-10-17-6-18(11-23)8-19(7-17)12-23/h3-5,9,17-19H,6-8,10-13H2,1-2H3,(H2,28,29,32). The van der Waals surface area contributed by atoms with Gasteiger partial charge in [0, 0.05) is 5.54 Å². The van der Waals surface area contributed by atoms with Crippen LogP contribution in [0.15, 0.2) is 24.3 Å². The second-order valence-corrected chi connectivity index (χ2v) is 10.2. The van der Waals surface area contributed by atoms with Gasteiger partial charge in [-0.25, -0.2) is 4.79 Å². The minimum atomic E-state index is -4.38. The molecule has 0 spiro atoms. The molecule has 2 amide bonds. The van der Waals surface area contributed by atoms with Crippen LogP contribution in [0.1, 0.15) is 61.0 Å². The first-order valence-corrected chi connectivity index (χ1v) is 11.4. The zero-order valence-electron chi connectivity index (χ0n) is 18.4. The Morgan fingerprint density at radius 3 is 2.34 bits per heavy atom. The van der Waals surface area contributed by atoms with Gasteiger partial charge in [0.1, 0.15) is 0 Å². The summed E-state index contributed by atoms with van der Waals surface area (Å²) >= 11 is 0. The number of rotatable bonds is 4. The molecule has 0 unspecified atom stereocenters. The molecule has 8 heteroatoms. The van der Waals surface area contributed by atoms with Gasteiger partial charge in [-0.2, -0.15) is 18.3 Å². The molecule has 4 saturated carbocycles. The van der Waals surface area contributed by atoms with Gasteiger partial charge >= 0.3 is 12.2 Å². The van der Waals surface area contributed by atoms with Crippen LogP contribution in [-0.2, 0) is 12.7 Å². The summed E-state index contributed by atoms with van der Waals surface area (Å²) < 4.78 is 40.7. The second kappa shape index (κ2) is 7.52. The number of urea groups is 1. The maximum atomic E-state index is 13.0. The number of benzene rings is 1. The van der Waals surface area contributed by atoms with Crippen molar-refractivity contribution >= 4 is 11.7 Å². The number of nitrogens with zero attached hydrogens (tertiary/aromatic N) is 2. The summed E-state index contributed by atoms with van der Waals surface area (Å²) in [4.78, 5) is 12.9. The van der Waals surface area contributed by atoms with Gasteiger partial charge in [0.05, 0.1) is 29.2 Å². The fourth-order valence-electron chi connectivity index (χ4n) is 6.70. The first kappa shape index (κ1) is 21.3. The van der Waals surface area contributed by atoms with Gasteiger partial charge in [-0.05, 0) is 87.8 Å². The highest BCUT2D eigenvalue weighted by molar-refractivity contribution is 5.91. The molecular weight excluding hydrogens is 417 g/mol. The SMILES string of the molecule is Cc1nn(Cc2cccc(C(F)(F)F)c2)c(C)c1NC(=O)NC12CC3CC(CC(C3)C1)C2. The van der Waals surface area contributed by atoms with E-state index in [4.69, 9.17) is 0 Å². The molecule has 2 aromatic rings. The van der Waals surface area contributed by atoms with Crippen LogP contribution >= 0.6 is 0 Å². The van der Waals surface area contributed by atoms with Crippen molar-refractivity contribution in [1.82, 2.24) is 15.1 Å². The lowest BCUT2D eigenvalue weighted by atomic mass is 9.53. The first-order chi connectivity index (χ1) is 15.1. The molecule has 6 rings (SSSR count). The average molecular weight is 447 g/mol. The lowest BCUT2D eigenvalue weighted by molar-refractivity contribution is -0.137. The molecule has 4 fully saturated rings. The van der Waals surface area contributed by atoms with Crippen molar-refractivity contribution in [1.29, 1.82) is 0 Å². The quantitative estimate of drug-likeness (QED) is 0.637. The van der Waals surface area contributed by atoms with Crippen LogP contribution in [0.4, 0.5) is 23.7 Å². The number of aromatic nitrogens is 2. The molecule has 172 valence electrons. The second-order valence-electron chi connectivity index (χ2n) is 10.2. The van der Waals surface area contributed by atoms with E-state index in [-0.39, 0.29) is 18.1 Å². The third kappa shape index (κ3) is 3.99. The summed E-state index contributed by atoms with van der Waals surface area (Å²) in [5, 5.41) is 10.8. The van der Waals surface area contributed by atoms with E-state index in [9.17, 15) is 18.0 Å². The average Bonchev–Trinajstić information content (AvgIpc) is 2.93. The maximum absolute atomic E-state index is 13.0. The van der Waals surface area contributed by atoms with E-state index in [0.29, 0.717) is 16.9 Å². The van der Waals surface area contributed by atoms with Crippen molar-refractivity contribution in [3.8, 4) is 0 Å². The van der Waals surface area contributed by atoms with E-state index in [1.807, 2.05) is 6.92 Å². The molecule has 2 N–H and O–H groups in total. The Balaban J connectivity index is 1.29. The van der Waals surface area contributed by atoms with Crippen molar-refractivity contribution in [2.24, 2.45) is 17.8 Å². The number of amides is 2. The number of anilines is 1. The fraction of sp³-hybridized carbons (Fsp3) is 0.583. The predicted molar refractivity (Wildman–Crippen MR) is 115 cm³/mol. The number of carbonyl (C=O) groups is 1. The molecule has 0 saturated heterocycles. The van der Waals surface area contributed by atoms with E-state index >= 15 is 0 Å². The molecule has 0 aliphatic heterocycles. The van der Waals surface area contributed by atoms with Crippen molar-refractivity contribution < 1.29 is 18.0 Å². The van der Waals surface area contributed by atoms with E-state index in [0.717, 1.165) is 54.8 Å². The summed E-state index contributed by atoms with van der Waals surface area (Å²) in [5.41, 5.74) is 1.74.